The Morgan fingerprint density at radius 1 is 1.14 bits per heavy atom. The van der Waals surface area contributed by atoms with E-state index in [0.29, 0.717) is 11.3 Å². The molecule has 1 fully saturated rings. The summed E-state index contributed by atoms with van der Waals surface area (Å²) in [5.74, 6) is 0.207. The van der Waals surface area contributed by atoms with E-state index in [1.807, 2.05) is 18.2 Å². The van der Waals surface area contributed by atoms with Gasteiger partial charge in [-0.05, 0) is 30.0 Å². The number of benzene rings is 2. The molecule has 144 valence electrons. The Kier molecular flexibility index (Phi) is 5.95. The van der Waals surface area contributed by atoms with Gasteiger partial charge in [0.2, 0.25) is 5.75 Å². The molecule has 1 aliphatic heterocycles. The molecule has 0 bridgehead atoms. The molecule has 0 aromatic heterocycles. The molecule has 28 heavy (non-hydrogen) atoms. The highest BCUT2D eigenvalue weighted by Crippen LogP contribution is 2.36. The Morgan fingerprint density at radius 3 is 2.57 bits per heavy atom. The smallest absolute Gasteiger partial charge is 0.311 e. The van der Waals surface area contributed by atoms with Crippen LogP contribution in [0.1, 0.15) is 5.56 Å². The second-order valence-corrected chi connectivity index (χ2v) is 6.64. The molecule has 0 unspecified atom stereocenters. The molecule has 1 heterocycles. The first kappa shape index (κ1) is 19.4. The summed E-state index contributed by atoms with van der Waals surface area (Å²) in [4.78, 5) is 36.6. The molecule has 0 radical (unpaired) electrons. The van der Waals surface area contributed by atoms with Crippen molar-refractivity contribution in [3.8, 4) is 11.5 Å². The van der Waals surface area contributed by atoms with E-state index in [-0.39, 0.29) is 29.5 Å². The number of imide groups is 1. The summed E-state index contributed by atoms with van der Waals surface area (Å²) in [7, 11) is 1.31. The summed E-state index contributed by atoms with van der Waals surface area (Å²) >= 11 is 0.774. The lowest BCUT2D eigenvalue weighted by atomic mass is 10.1. The first-order valence-electron chi connectivity index (χ1n) is 8.26. The van der Waals surface area contributed by atoms with E-state index in [2.05, 4.69) is 0 Å². The average Bonchev–Trinajstić information content (AvgIpc) is 2.96. The van der Waals surface area contributed by atoms with E-state index in [0.717, 1.165) is 16.7 Å². The summed E-state index contributed by atoms with van der Waals surface area (Å²) in [5, 5.41) is 10.7. The molecule has 0 aliphatic carbocycles. The van der Waals surface area contributed by atoms with Crippen LogP contribution in [0.2, 0.25) is 0 Å². The highest BCUT2D eigenvalue weighted by molar-refractivity contribution is 8.18. The minimum atomic E-state index is -0.567. The molecular formula is C19H16N2O6S. The van der Waals surface area contributed by atoms with Crippen molar-refractivity contribution in [2.75, 3.05) is 20.3 Å². The number of nitro benzene ring substituents is 1. The Hall–Kier alpha value is -3.33. The Morgan fingerprint density at radius 2 is 1.89 bits per heavy atom. The highest BCUT2D eigenvalue weighted by atomic mass is 32.2. The minimum Gasteiger partial charge on any atom is -0.492 e. The molecular weight excluding hydrogens is 384 g/mol. The lowest BCUT2D eigenvalue weighted by molar-refractivity contribution is -0.385. The normalized spacial score (nSPS) is 15.2. The van der Waals surface area contributed by atoms with E-state index in [4.69, 9.17) is 9.47 Å². The van der Waals surface area contributed by atoms with Crippen molar-refractivity contribution in [1.82, 2.24) is 4.90 Å². The summed E-state index contributed by atoms with van der Waals surface area (Å²) in [6.07, 6.45) is 1.43. The maximum absolute atomic E-state index is 12.6. The standard InChI is InChI=1S/C19H16N2O6S/c1-26-17-13(6-5-9-15(17)21(24)25)12-16-18(22)20(19(23)28-16)10-11-27-14-7-3-2-4-8-14/h2-9,12H,10-11H2,1H3/b16-12-. The van der Waals surface area contributed by atoms with Gasteiger partial charge in [0.05, 0.1) is 23.5 Å². The van der Waals surface area contributed by atoms with Crippen molar-refractivity contribution < 1.29 is 24.0 Å². The van der Waals surface area contributed by atoms with Crippen LogP contribution in [0.25, 0.3) is 6.08 Å². The van der Waals surface area contributed by atoms with Gasteiger partial charge in [0, 0.05) is 11.6 Å². The molecule has 8 nitrogen and oxygen atoms in total. The number of rotatable bonds is 7. The van der Waals surface area contributed by atoms with Gasteiger partial charge in [-0.15, -0.1) is 0 Å². The number of carbonyl (C=O) groups excluding carboxylic acids is 2. The van der Waals surface area contributed by atoms with Gasteiger partial charge in [0.25, 0.3) is 11.1 Å². The number of para-hydroxylation sites is 2. The van der Waals surface area contributed by atoms with Gasteiger partial charge in [-0.3, -0.25) is 24.6 Å². The number of methoxy groups -OCH3 is 1. The van der Waals surface area contributed by atoms with Crippen LogP contribution < -0.4 is 9.47 Å². The highest BCUT2D eigenvalue weighted by Gasteiger charge is 2.35. The van der Waals surface area contributed by atoms with Gasteiger partial charge in [-0.1, -0.05) is 30.3 Å². The zero-order chi connectivity index (χ0) is 20.1. The molecule has 9 heteroatoms. The van der Waals surface area contributed by atoms with Crippen LogP contribution >= 0.6 is 11.8 Å². The molecule has 0 saturated carbocycles. The zero-order valence-corrected chi connectivity index (χ0v) is 15.7. The second kappa shape index (κ2) is 8.57. The summed E-state index contributed by atoms with van der Waals surface area (Å²) < 4.78 is 10.7. The van der Waals surface area contributed by atoms with Crippen molar-refractivity contribution in [3.63, 3.8) is 0 Å². The van der Waals surface area contributed by atoms with Gasteiger partial charge in [0.15, 0.2) is 0 Å². The SMILES string of the molecule is COc1c(/C=C2\SC(=O)N(CCOc3ccccc3)C2=O)cccc1[N+](=O)[O-]. The fourth-order valence-electron chi connectivity index (χ4n) is 2.63. The monoisotopic (exact) mass is 400 g/mol. The molecule has 2 amide bonds. The van der Waals surface area contributed by atoms with Crippen molar-refractivity contribution >= 4 is 34.7 Å². The predicted molar refractivity (Wildman–Crippen MR) is 104 cm³/mol. The molecule has 2 aromatic carbocycles. The molecule has 3 rings (SSSR count). The molecule has 2 aromatic rings. The van der Waals surface area contributed by atoms with Crippen molar-refractivity contribution in [2.45, 2.75) is 0 Å². The molecule has 1 aliphatic rings. The van der Waals surface area contributed by atoms with E-state index in [9.17, 15) is 19.7 Å². The number of nitrogens with zero attached hydrogens (tertiary/aromatic N) is 2. The fraction of sp³-hybridized carbons (Fsp3) is 0.158. The van der Waals surface area contributed by atoms with Crippen molar-refractivity contribution in [1.29, 1.82) is 0 Å². The van der Waals surface area contributed by atoms with Crippen LogP contribution in [-0.4, -0.2) is 41.2 Å². The number of carbonyl (C=O) groups is 2. The van der Waals surface area contributed by atoms with Crippen LogP contribution in [0.3, 0.4) is 0 Å². The van der Waals surface area contributed by atoms with Crippen LogP contribution in [0.5, 0.6) is 11.5 Å². The van der Waals surface area contributed by atoms with Crippen LogP contribution in [-0.2, 0) is 4.79 Å². The number of hydrogen-bond donors (Lipinski definition) is 0. The lowest BCUT2D eigenvalue weighted by Gasteiger charge is -2.13. The third-order valence-corrected chi connectivity index (χ3v) is 4.82. The van der Waals surface area contributed by atoms with Crippen LogP contribution in [0, 0.1) is 10.1 Å². The van der Waals surface area contributed by atoms with Gasteiger partial charge >= 0.3 is 5.69 Å². The van der Waals surface area contributed by atoms with Crippen LogP contribution in [0.4, 0.5) is 10.5 Å². The maximum atomic E-state index is 12.6. The maximum Gasteiger partial charge on any atom is 0.311 e. The van der Waals surface area contributed by atoms with E-state index >= 15 is 0 Å². The zero-order valence-electron chi connectivity index (χ0n) is 14.9. The number of nitro groups is 1. The van der Waals surface area contributed by atoms with Crippen molar-refractivity contribution in [2.24, 2.45) is 0 Å². The van der Waals surface area contributed by atoms with Gasteiger partial charge in [0.1, 0.15) is 12.4 Å². The minimum absolute atomic E-state index is 0.0340. The molecule has 0 N–H and O–H groups in total. The molecule has 1 saturated heterocycles. The van der Waals surface area contributed by atoms with Gasteiger partial charge < -0.3 is 9.47 Å². The van der Waals surface area contributed by atoms with E-state index in [1.54, 1.807) is 18.2 Å². The fourth-order valence-corrected chi connectivity index (χ4v) is 3.48. The number of ether oxygens (including phenoxy) is 2. The van der Waals surface area contributed by atoms with Gasteiger partial charge in [-0.2, -0.15) is 0 Å². The summed E-state index contributed by atoms with van der Waals surface area (Å²) in [6, 6.07) is 13.4. The third-order valence-electron chi connectivity index (χ3n) is 3.91. The van der Waals surface area contributed by atoms with E-state index < -0.39 is 16.1 Å². The largest absolute Gasteiger partial charge is 0.492 e. The first-order chi connectivity index (χ1) is 13.5. The Balaban J connectivity index is 1.74. The predicted octanol–water partition coefficient (Wildman–Crippen LogP) is 3.72. The first-order valence-corrected chi connectivity index (χ1v) is 9.07. The molecule has 0 spiro atoms. The van der Waals surface area contributed by atoms with Crippen molar-refractivity contribution in [3.05, 3.63) is 69.1 Å². The topological polar surface area (TPSA) is 99.0 Å². The Labute approximate surface area is 164 Å². The third kappa shape index (κ3) is 4.15. The number of amides is 2. The Bertz CT molecular complexity index is 945. The average molecular weight is 400 g/mol. The quantitative estimate of drug-likeness (QED) is 0.397. The van der Waals surface area contributed by atoms with Gasteiger partial charge in [-0.25, -0.2) is 0 Å². The second-order valence-electron chi connectivity index (χ2n) is 5.65. The number of hydrogen-bond acceptors (Lipinski definition) is 7. The van der Waals surface area contributed by atoms with Crippen LogP contribution in [0.15, 0.2) is 53.4 Å². The lowest BCUT2D eigenvalue weighted by Crippen LogP contribution is -2.32. The number of thioether (sulfide) groups is 1. The molecule has 0 atom stereocenters. The van der Waals surface area contributed by atoms with E-state index in [1.165, 1.54) is 25.3 Å². The summed E-state index contributed by atoms with van der Waals surface area (Å²) in [6.45, 7) is 0.262. The summed E-state index contributed by atoms with van der Waals surface area (Å²) in [5.41, 5.74) is 0.134.